The number of carbonyl (C=O) groups is 4. The lowest BCUT2D eigenvalue weighted by Gasteiger charge is -2.42. The van der Waals surface area contributed by atoms with Gasteiger partial charge in [0.2, 0.25) is 16.7 Å². The Morgan fingerprint density at radius 3 is 1.63 bits per heavy atom. The number of aliphatic hydroxyl groups is 1. The molecule has 87 heavy (non-hydrogen) atoms. The van der Waals surface area contributed by atoms with Gasteiger partial charge in [-0.15, -0.1) is 0 Å². The number of pyridine rings is 2. The lowest BCUT2D eigenvalue weighted by molar-refractivity contribution is -0.0834. The number of phenols is 1. The summed E-state index contributed by atoms with van der Waals surface area (Å²) in [6.07, 6.45) is 2.54. The first-order valence-corrected chi connectivity index (χ1v) is 30.6. The number of aromatic nitrogens is 2. The number of nitrogens with one attached hydrogen (secondary N) is 1. The van der Waals surface area contributed by atoms with Crippen molar-refractivity contribution >= 4 is 105 Å². The summed E-state index contributed by atoms with van der Waals surface area (Å²) in [6, 6.07) is 30.5. The topological polar surface area (TPSA) is 225 Å². The van der Waals surface area contributed by atoms with Gasteiger partial charge in [-0.3, -0.25) is 29.1 Å². The van der Waals surface area contributed by atoms with Crippen LogP contribution in [0, 0.1) is 17.0 Å². The summed E-state index contributed by atoms with van der Waals surface area (Å²) < 4.78 is 45.7. The van der Waals surface area contributed by atoms with Crippen molar-refractivity contribution in [3.8, 4) is 23.0 Å². The maximum atomic E-state index is 14.0. The molecular formula is C65H61Cl3F2N6O10Si. The molecule has 0 saturated heterocycles. The lowest BCUT2D eigenvalue weighted by atomic mass is 9.90. The SMILES string of the molecule is C=C1c2c(c(O[Si](C(C)C)(C(C)C)C(C)C)c3ncccc3c2OC)C(=O)N1Cc1ccc(F)cc1.COc1c2c(c(O)c3ncccc13)C(=O)N(Cc1ccc(F)cc1)C2(O)CC(=N)C(=O)c1ccc(Cl)cc1.O=C(/C(Cl)=N/O)c1ccc(Cl)cc1. The number of ether oxygens (including phenoxy) is 2. The number of aromatic hydroxyl groups is 1. The molecule has 22 heteroatoms. The van der Waals surface area contributed by atoms with Crippen molar-refractivity contribution in [1.82, 2.24) is 19.8 Å². The minimum absolute atomic E-state index is 0.0742. The van der Waals surface area contributed by atoms with E-state index >= 15 is 0 Å². The molecule has 8 aromatic rings. The Morgan fingerprint density at radius 1 is 0.678 bits per heavy atom. The van der Waals surface area contributed by atoms with E-state index in [9.17, 15) is 38.2 Å². The van der Waals surface area contributed by atoms with E-state index in [1.54, 1.807) is 54.6 Å². The summed E-state index contributed by atoms with van der Waals surface area (Å²) in [6.45, 7) is 17.6. The molecule has 4 N–H and O–H groups in total. The van der Waals surface area contributed by atoms with Gasteiger partial charge in [0.25, 0.3) is 20.1 Å². The number of hydrogen-bond acceptors (Lipinski definition) is 14. The summed E-state index contributed by atoms with van der Waals surface area (Å²) >= 11 is 16.8. The second-order valence-corrected chi connectivity index (χ2v) is 28.1. The number of ketones is 2. The molecule has 0 bridgehead atoms. The van der Waals surface area contributed by atoms with Crippen molar-refractivity contribution in [1.29, 1.82) is 5.41 Å². The third-order valence-corrected chi connectivity index (χ3v) is 22.2. The first-order chi connectivity index (χ1) is 41.3. The van der Waals surface area contributed by atoms with Gasteiger partial charge in [-0.1, -0.05) is 112 Å². The van der Waals surface area contributed by atoms with Crippen LogP contribution < -0.4 is 13.9 Å². The molecular weight excluding hydrogens is 1200 g/mol. The molecule has 2 aliphatic heterocycles. The molecule has 2 aromatic heterocycles. The van der Waals surface area contributed by atoms with Crippen LogP contribution in [0.3, 0.4) is 0 Å². The molecule has 0 saturated carbocycles. The number of halogens is 5. The number of benzene rings is 6. The fraction of sp³-hybridized carbons (Fsp3) is 0.231. The van der Waals surface area contributed by atoms with E-state index in [2.05, 4.69) is 63.2 Å². The first kappa shape index (κ1) is 64.4. The third-order valence-electron chi connectivity index (χ3n) is 15.4. The van der Waals surface area contributed by atoms with Crippen LogP contribution in [0.5, 0.6) is 23.0 Å². The van der Waals surface area contributed by atoms with Gasteiger partial charge < -0.3 is 44.5 Å². The average molecular weight is 1260 g/mol. The number of phenolic OH excluding ortho intramolecular Hbond substituents is 1. The van der Waals surface area contributed by atoms with Gasteiger partial charge in [0.05, 0.1) is 48.7 Å². The fourth-order valence-corrected chi connectivity index (χ4v) is 17.1. The standard InChI is InChI=1S/C29H35FN2O3Si.C28H21ClFN3O5.C8H5Cl2NO2/c1-17(2)36(18(3)4,19(5)6)35-28-25-24(27(34-8)23-10-9-15-31-26(23)28)20(7)32(29(25)33)16-21-11-13-22(30)14-12-21;1-38-26-19-3-2-12-32-23(19)25(35)21-22(26)28(37,13-20(31)24(34)16-6-8-17(29)9-7-16)33(27(21)36)14-15-4-10-18(30)11-5-15;9-6-3-1-5(2-4-6)7(12)8(10)11-13/h9-15,17-19H,7,16H2,1-6,8H3;2-12,31,35,37H,13-14H2,1H3;1-4,13H/b;;11-8-. The number of hydrogen-bond donors (Lipinski definition) is 4. The number of fused-ring (bicyclic) bond motifs is 4. The number of oxime groups is 1. The van der Waals surface area contributed by atoms with Crippen molar-refractivity contribution in [2.45, 2.75) is 83.4 Å². The molecule has 0 radical (unpaired) electrons. The molecule has 16 nitrogen and oxygen atoms in total. The van der Waals surface area contributed by atoms with Gasteiger partial charge in [-0.25, -0.2) is 8.78 Å². The van der Waals surface area contributed by atoms with Gasteiger partial charge in [0, 0.05) is 63.0 Å². The zero-order valence-electron chi connectivity index (χ0n) is 48.6. The first-order valence-electron chi connectivity index (χ1n) is 27.3. The maximum absolute atomic E-state index is 14.0. The average Bonchev–Trinajstić information content (AvgIpc) is 1.62. The smallest absolute Gasteiger partial charge is 0.263 e. The summed E-state index contributed by atoms with van der Waals surface area (Å²) in [5, 5.41) is 44.3. The van der Waals surface area contributed by atoms with Crippen LogP contribution in [-0.2, 0) is 18.8 Å². The Kier molecular flexibility index (Phi) is 19.7. The molecule has 450 valence electrons. The zero-order valence-corrected chi connectivity index (χ0v) is 51.9. The van der Waals surface area contributed by atoms with Gasteiger partial charge in [0.1, 0.15) is 39.9 Å². The normalized spacial score (nSPS) is 14.7. The van der Waals surface area contributed by atoms with Gasteiger partial charge in [0.15, 0.2) is 11.5 Å². The molecule has 2 amide bonds. The summed E-state index contributed by atoms with van der Waals surface area (Å²) in [5.41, 5.74) is 1.95. The summed E-state index contributed by atoms with van der Waals surface area (Å²) in [5.74, 6) is -2.29. The van der Waals surface area contributed by atoms with Crippen molar-refractivity contribution in [2.24, 2.45) is 5.16 Å². The molecule has 0 aliphatic carbocycles. The Bertz CT molecular complexity index is 4000. The second kappa shape index (κ2) is 26.6. The predicted octanol–water partition coefficient (Wildman–Crippen LogP) is 14.9. The number of carbonyl (C=O) groups excluding carboxylic acids is 4. The second-order valence-electron chi connectivity index (χ2n) is 21.5. The number of amides is 2. The number of Topliss-reactive ketones (excluding diaryl/α,β-unsaturated/α-hetero) is 2. The van der Waals surface area contributed by atoms with E-state index in [1.807, 2.05) is 12.1 Å². The van der Waals surface area contributed by atoms with Crippen LogP contribution in [0.15, 0.2) is 145 Å². The van der Waals surface area contributed by atoms with Crippen LogP contribution in [0.1, 0.15) is 112 Å². The van der Waals surface area contributed by atoms with E-state index in [0.29, 0.717) is 77.0 Å². The van der Waals surface area contributed by atoms with Crippen molar-refractivity contribution in [3.05, 3.63) is 206 Å². The minimum atomic E-state index is -2.43. The van der Waals surface area contributed by atoms with E-state index in [4.69, 9.17) is 59.3 Å². The maximum Gasteiger partial charge on any atom is 0.263 e. The van der Waals surface area contributed by atoms with E-state index in [1.165, 1.54) is 86.1 Å². The van der Waals surface area contributed by atoms with Crippen LogP contribution in [-0.4, -0.2) is 92.0 Å². The molecule has 6 aromatic carbocycles. The molecule has 4 heterocycles. The molecule has 2 aliphatic rings. The highest BCUT2D eigenvalue weighted by Gasteiger charge is 2.54. The quantitative estimate of drug-likeness (QED) is 0.0220. The molecule has 1 atom stereocenters. The van der Waals surface area contributed by atoms with Crippen LogP contribution in [0.4, 0.5) is 8.78 Å². The predicted molar refractivity (Wildman–Crippen MR) is 334 cm³/mol. The molecule has 1 unspecified atom stereocenters. The highest BCUT2D eigenvalue weighted by Crippen LogP contribution is 2.54. The Balaban J connectivity index is 0.000000188. The largest absolute Gasteiger partial charge is 0.541 e. The Morgan fingerprint density at radius 2 is 1.15 bits per heavy atom. The van der Waals surface area contributed by atoms with Crippen molar-refractivity contribution < 1.29 is 57.3 Å². The van der Waals surface area contributed by atoms with Crippen molar-refractivity contribution in [3.63, 3.8) is 0 Å². The van der Waals surface area contributed by atoms with Crippen molar-refractivity contribution in [2.75, 3.05) is 14.2 Å². The number of nitrogens with zero attached hydrogens (tertiary/aromatic N) is 5. The van der Waals surface area contributed by atoms with Gasteiger partial charge in [-0.2, -0.15) is 0 Å². The molecule has 10 rings (SSSR count). The summed E-state index contributed by atoms with van der Waals surface area (Å²) in [7, 11) is 0.507. The van der Waals surface area contributed by atoms with Gasteiger partial charge in [-0.05, 0) is 125 Å². The van der Waals surface area contributed by atoms with E-state index in [-0.39, 0.29) is 52.8 Å². The van der Waals surface area contributed by atoms with E-state index in [0.717, 1.165) is 15.8 Å². The van der Waals surface area contributed by atoms with Crippen LogP contribution >= 0.6 is 34.8 Å². The molecule has 0 spiro atoms. The monoisotopic (exact) mass is 1260 g/mol. The highest BCUT2D eigenvalue weighted by atomic mass is 35.5. The zero-order chi connectivity index (χ0) is 63.4. The number of rotatable bonds is 17. The minimum Gasteiger partial charge on any atom is -0.541 e. The highest BCUT2D eigenvalue weighted by molar-refractivity contribution is 6.84. The van der Waals surface area contributed by atoms with Crippen LogP contribution in [0.25, 0.3) is 27.5 Å². The van der Waals surface area contributed by atoms with Gasteiger partial charge >= 0.3 is 0 Å². The lowest BCUT2D eigenvalue weighted by Crippen LogP contribution is -2.51. The van der Waals surface area contributed by atoms with E-state index < -0.39 is 60.4 Å². The number of methoxy groups -OCH3 is 2. The Hall–Kier alpha value is -8.59. The molecule has 0 fully saturated rings. The fourth-order valence-electron chi connectivity index (χ4n) is 11.4. The Labute approximate surface area is 516 Å². The summed E-state index contributed by atoms with van der Waals surface area (Å²) in [4.78, 5) is 63.6. The third kappa shape index (κ3) is 12.5. The van der Waals surface area contributed by atoms with Crippen LogP contribution in [0.2, 0.25) is 26.7 Å².